The molecule has 3 aromatic rings. The van der Waals surface area contributed by atoms with E-state index in [1.165, 1.54) is 0 Å². The molecule has 37 heavy (non-hydrogen) atoms. The fourth-order valence-corrected chi connectivity index (χ4v) is 4.16. The maximum atomic E-state index is 13.2. The number of ether oxygens (including phenoxy) is 1. The maximum Gasteiger partial charge on any atom is 0.309 e. The highest BCUT2D eigenvalue weighted by Gasteiger charge is 2.31. The normalized spacial score (nSPS) is 21.8. The predicted molar refractivity (Wildman–Crippen MR) is 136 cm³/mol. The van der Waals surface area contributed by atoms with Crippen molar-refractivity contribution in [2.24, 2.45) is 11.8 Å². The lowest BCUT2D eigenvalue weighted by Crippen LogP contribution is -2.46. The molecular formula is C28H31N3O6. The van der Waals surface area contributed by atoms with E-state index in [0.717, 1.165) is 5.56 Å². The molecule has 194 valence electrons. The van der Waals surface area contributed by atoms with Crippen LogP contribution in [0.4, 0.5) is 0 Å². The standard InChI is InChI=1S/C28H31N3O6/c1-18(16-32)29-26(33)21-12-6-5-11-20(15-25-30-22-13-7-8-14-24(22)37-25)28(35)36-17-23(31-27(21)34)19-9-3-2-4-10-19/h2-10,13-14,18,20-21,23,32H,11-12,15-17H2,1H3,(H,29,33)(H,31,34)/t18-,20?,21?,23?/m0/s1. The third-order valence-electron chi connectivity index (χ3n) is 6.26. The van der Waals surface area contributed by atoms with Crippen molar-refractivity contribution in [3.05, 3.63) is 78.2 Å². The summed E-state index contributed by atoms with van der Waals surface area (Å²) in [6, 6.07) is 15.4. The number of fused-ring (bicyclic) bond motifs is 1. The molecule has 0 radical (unpaired) electrons. The number of carbonyl (C=O) groups is 3. The molecule has 0 bridgehead atoms. The van der Waals surface area contributed by atoms with Crippen LogP contribution in [-0.4, -0.2) is 47.1 Å². The summed E-state index contributed by atoms with van der Waals surface area (Å²) in [4.78, 5) is 43.6. The number of hydrogen-bond acceptors (Lipinski definition) is 7. The highest BCUT2D eigenvalue weighted by molar-refractivity contribution is 6.00. The largest absolute Gasteiger partial charge is 0.463 e. The van der Waals surface area contributed by atoms with Gasteiger partial charge in [0.1, 0.15) is 18.0 Å². The number of carbonyl (C=O) groups excluding carboxylic acids is 3. The van der Waals surface area contributed by atoms with Crippen LogP contribution in [0.3, 0.4) is 0 Å². The molecule has 1 aromatic heterocycles. The van der Waals surface area contributed by atoms with Crippen LogP contribution in [0.5, 0.6) is 0 Å². The summed E-state index contributed by atoms with van der Waals surface area (Å²) in [5.41, 5.74) is 2.11. The van der Waals surface area contributed by atoms with Crippen molar-refractivity contribution in [3.8, 4) is 0 Å². The number of esters is 1. The molecule has 2 aromatic carbocycles. The number of nitrogens with one attached hydrogen (secondary N) is 2. The molecule has 0 aliphatic carbocycles. The van der Waals surface area contributed by atoms with Crippen LogP contribution < -0.4 is 10.6 Å². The number of nitrogens with zero attached hydrogens (tertiary/aromatic N) is 1. The predicted octanol–water partition coefficient (Wildman–Crippen LogP) is 2.85. The van der Waals surface area contributed by atoms with E-state index in [-0.39, 0.29) is 26.1 Å². The Morgan fingerprint density at radius 1 is 1.11 bits per heavy atom. The number of aromatic nitrogens is 1. The van der Waals surface area contributed by atoms with E-state index in [1.807, 2.05) is 54.6 Å². The van der Waals surface area contributed by atoms with E-state index < -0.39 is 41.7 Å². The van der Waals surface area contributed by atoms with E-state index in [1.54, 1.807) is 19.1 Å². The summed E-state index contributed by atoms with van der Waals surface area (Å²) in [5.74, 6) is -2.52. The third kappa shape index (κ3) is 6.83. The number of amides is 2. The number of benzene rings is 2. The molecule has 9 heteroatoms. The number of para-hydroxylation sites is 2. The minimum absolute atomic E-state index is 0.0935. The molecule has 4 atom stereocenters. The van der Waals surface area contributed by atoms with Gasteiger partial charge in [-0.05, 0) is 37.5 Å². The number of cyclic esters (lactones) is 1. The first-order chi connectivity index (χ1) is 17.9. The number of hydrogen-bond donors (Lipinski definition) is 3. The summed E-state index contributed by atoms with van der Waals surface area (Å²) in [5, 5.41) is 14.9. The Morgan fingerprint density at radius 2 is 1.84 bits per heavy atom. The molecule has 9 nitrogen and oxygen atoms in total. The maximum absolute atomic E-state index is 13.2. The van der Waals surface area contributed by atoms with Crippen LogP contribution in [0, 0.1) is 11.8 Å². The molecule has 0 saturated carbocycles. The van der Waals surface area contributed by atoms with E-state index in [4.69, 9.17) is 9.15 Å². The number of aliphatic hydroxyl groups is 1. The van der Waals surface area contributed by atoms with Crippen molar-refractivity contribution in [3.63, 3.8) is 0 Å². The number of oxazole rings is 1. The van der Waals surface area contributed by atoms with Gasteiger partial charge < -0.3 is 24.9 Å². The van der Waals surface area contributed by atoms with Crippen LogP contribution in [0.25, 0.3) is 11.1 Å². The molecule has 0 fully saturated rings. The summed E-state index contributed by atoms with van der Waals surface area (Å²) < 4.78 is 11.5. The molecule has 1 aliphatic rings. The Morgan fingerprint density at radius 3 is 2.59 bits per heavy atom. The van der Waals surface area contributed by atoms with Crippen molar-refractivity contribution < 1.29 is 28.6 Å². The van der Waals surface area contributed by atoms with Crippen LogP contribution >= 0.6 is 0 Å². The Bertz CT molecular complexity index is 1220. The Kier molecular flexibility index (Phi) is 8.68. The van der Waals surface area contributed by atoms with Crippen LogP contribution in [0.1, 0.15) is 37.3 Å². The first-order valence-corrected chi connectivity index (χ1v) is 12.4. The van der Waals surface area contributed by atoms with E-state index in [0.29, 0.717) is 23.4 Å². The van der Waals surface area contributed by atoms with Gasteiger partial charge in [-0.15, -0.1) is 0 Å². The molecule has 3 N–H and O–H groups in total. The second-order valence-electron chi connectivity index (χ2n) is 9.17. The minimum atomic E-state index is -1.01. The lowest BCUT2D eigenvalue weighted by atomic mass is 9.97. The molecule has 2 amide bonds. The van der Waals surface area contributed by atoms with Gasteiger partial charge in [-0.25, -0.2) is 4.98 Å². The topological polar surface area (TPSA) is 131 Å². The number of allylic oxidation sites excluding steroid dienone is 2. The van der Waals surface area contributed by atoms with Crippen molar-refractivity contribution >= 4 is 28.9 Å². The van der Waals surface area contributed by atoms with Crippen molar-refractivity contribution in [1.82, 2.24) is 15.6 Å². The van der Waals surface area contributed by atoms with E-state index in [2.05, 4.69) is 15.6 Å². The summed E-state index contributed by atoms with van der Waals surface area (Å²) >= 11 is 0. The first kappa shape index (κ1) is 26.1. The lowest BCUT2D eigenvalue weighted by Gasteiger charge is -2.24. The molecule has 4 rings (SSSR count). The van der Waals surface area contributed by atoms with Crippen molar-refractivity contribution in [2.75, 3.05) is 13.2 Å². The lowest BCUT2D eigenvalue weighted by molar-refractivity contribution is -0.150. The van der Waals surface area contributed by atoms with Crippen LogP contribution in [-0.2, 0) is 25.5 Å². The Hall–Kier alpha value is -3.98. The minimum Gasteiger partial charge on any atom is -0.463 e. The van der Waals surface area contributed by atoms with Gasteiger partial charge in [-0.2, -0.15) is 0 Å². The number of rotatable bonds is 6. The summed E-state index contributed by atoms with van der Waals surface area (Å²) in [7, 11) is 0. The van der Waals surface area contributed by atoms with Crippen LogP contribution in [0.2, 0.25) is 0 Å². The fourth-order valence-electron chi connectivity index (χ4n) is 4.16. The van der Waals surface area contributed by atoms with Gasteiger partial charge in [0, 0.05) is 12.5 Å². The molecule has 2 heterocycles. The second kappa shape index (κ2) is 12.3. The quantitative estimate of drug-likeness (QED) is 0.267. The smallest absolute Gasteiger partial charge is 0.309 e. The zero-order valence-corrected chi connectivity index (χ0v) is 20.6. The van der Waals surface area contributed by atoms with Gasteiger partial charge in [-0.1, -0.05) is 54.6 Å². The van der Waals surface area contributed by atoms with Gasteiger partial charge in [0.2, 0.25) is 11.8 Å². The fraction of sp³-hybridized carbons (Fsp3) is 0.357. The van der Waals surface area contributed by atoms with Gasteiger partial charge in [0.25, 0.3) is 0 Å². The third-order valence-corrected chi connectivity index (χ3v) is 6.26. The second-order valence-corrected chi connectivity index (χ2v) is 9.17. The highest BCUT2D eigenvalue weighted by atomic mass is 16.5. The first-order valence-electron chi connectivity index (χ1n) is 12.4. The average Bonchev–Trinajstić information content (AvgIpc) is 3.32. The van der Waals surface area contributed by atoms with E-state index >= 15 is 0 Å². The average molecular weight is 506 g/mol. The molecule has 0 saturated heterocycles. The SMILES string of the molecule is C[C@@H](CO)NC(=O)C1CC=CCC(Cc2nc3ccccc3o2)C(=O)OCC(c2ccccc2)NC1=O. The van der Waals surface area contributed by atoms with Crippen LogP contribution in [0.15, 0.2) is 71.2 Å². The summed E-state index contributed by atoms with van der Waals surface area (Å²) in [6.07, 6.45) is 4.21. The van der Waals surface area contributed by atoms with Crippen molar-refractivity contribution in [1.29, 1.82) is 0 Å². The summed E-state index contributed by atoms with van der Waals surface area (Å²) in [6.45, 7) is 1.32. The Balaban J connectivity index is 1.58. The molecule has 0 spiro atoms. The number of aliphatic hydroxyl groups excluding tert-OH is 1. The van der Waals surface area contributed by atoms with Gasteiger partial charge >= 0.3 is 5.97 Å². The van der Waals surface area contributed by atoms with Gasteiger partial charge in [0.05, 0.1) is 18.6 Å². The molecular weight excluding hydrogens is 474 g/mol. The Labute approximate surface area is 214 Å². The van der Waals surface area contributed by atoms with E-state index in [9.17, 15) is 19.5 Å². The highest BCUT2D eigenvalue weighted by Crippen LogP contribution is 2.22. The zero-order valence-electron chi connectivity index (χ0n) is 20.6. The van der Waals surface area contributed by atoms with Gasteiger partial charge in [-0.3, -0.25) is 14.4 Å². The monoisotopic (exact) mass is 505 g/mol. The van der Waals surface area contributed by atoms with Crippen molar-refractivity contribution in [2.45, 2.75) is 38.3 Å². The van der Waals surface area contributed by atoms with Gasteiger partial charge in [0.15, 0.2) is 11.5 Å². The zero-order chi connectivity index (χ0) is 26.2. The molecule has 1 aliphatic heterocycles. The molecule has 3 unspecified atom stereocenters.